The first-order valence-corrected chi connectivity index (χ1v) is 10.1. The van der Waals surface area contributed by atoms with Crippen LogP contribution in [0.2, 0.25) is 0 Å². The van der Waals surface area contributed by atoms with Crippen LogP contribution in [0.1, 0.15) is 32.1 Å². The fourth-order valence-corrected chi connectivity index (χ4v) is 4.55. The van der Waals surface area contributed by atoms with Crippen molar-refractivity contribution >= 4 is 16.5 Å². The van der Waals surface area contributed by atoms with Crippen molar-refractivity contribution in [2.75, 3.05) is 18.0 Å². The Hall–Kier alpha value is -1.92. The molecule has 0 unspecified atom stereocenters. The van der Waals surface area contributed by atoms with E-state index in [0.717, 1.165) is 31.1 Å². The Kier molecular flexibility index (Phi) is 4.71. The van der Waals surface area contributed by atoms with Crippen LogP contribution in [0.4, 0.5) is 5.13 Å². The van der Waals surface area contributed by atoms with Gasteiger partial charge >= 0.3 is 0 Å². The summed E-state index contributed by atoms with van der Waals surface area (Å²) in [5.41, 5.74) is 1.24. The summed E-state index contributed by atoms with van der Waals surface area (Å²) in [5.74, 6) is 0. The molecule has 1 fully saturated rings. The van der Waals surface area contributed by atoms with E-state index in [4.69, 9.17) is 4.74 Å². The van der Waals surface area contributed by atoms with Crippen molar-refractivity contribution < 1.29 is 4.74 Å². The van der Waals surface area contributed by atoms with Gasteiger partial charge in [0.25, 0.3) is 0 Å². The van der Waals surface area contributed by atoms with Gasteiger partial charge in [0.05, 0.1) is 17.7 Å². The topological polar surface area (TPSA) is 43.2 Å². The minimum atomic E-state index is -0.0834. The van der Waals surface area contributed by atoms with Crippen molar-refractivity contribution in [3.63, 3.8) is 0 Å². The highest BCUT2D eigenvalue weighted by molar-refractivity contribution is 7.15. The average Bonchev–Trinajstić information content (AvgIpc) is 3.22. The van der Waals surface area contributed by atoms with Crippen molar-refractivity contribution in [1.82, 2.24) is 14.8 Å². The molecule has 6 heteroatoms. The van der Waals surface area contributed by atoms with Gasteiger partial charge in [-0.15, -0.1) is 11.3 Å². The summed E-state index contributed by atoms with van der Waals surface area (Å²) < 4.78 is 7.88. The van der Waals surface area contributed by atoms with Gasteiger partial charge < -0.3 is 9.64 Å². The Labute approximate surface area is 159 Å². The number of anilines is 1. The van der Waals surface area contributed by atoms with E-state index >= 15 is 0 Å². The zero-order valence-corrected chi connectivity index (χ0v) is 16.4. The molecule has 26 heavy (non-hydrogen) atoms. The predicted octanol–water partition coefficient (Wildman–Crippen LogP) is 3.80. The monoisotopic (exact) mass is 370 g/mol. The zero-order valence-electron chi connectivity index (χ0n) is 15.6. The van der Waals surface area contributed by atoms with Crippen LogP contribution in [0.5, 0.6) is 0 Å². The molecule has 2 aromatic rings. The molecule has 0 radical (unpaired) electrons. The highest BCUT2D eigenvalue weighted by Gasteiger charge is 2.30. The number of hydrogen-bond donors (Lipinski definition) is 0. The van der Waals surface area contributed by atoms with E-state index < -0.39 is 0 Å². The SMILES string of the molecule is CC(C)OC1CN(c2ncc(CC3=C[C@@](C)(n4cccn4)CC=C3)s2)C1. The molecular weight excluding hydrogens is 344 g/mol. The van der Waals surface area contributed by atoms with Gasteiger partial charge in [0.15, 0.2) is 5.13 Å². The molecule has 0 bridgehead atoms. The summed E-state index contributed by atoms with van der Waals surface area (Å²) in [4.78, 5) is 8.23. The lowest BCUT2D eigenvalue weighted by atomic mass is 9.89. The predicted molar refractivity (Wildman–Crippen MR) is 106 cm³/mol. The van der Waals surface area contributed by atoms with Gasteiger partial charge in [-0.1, -0.05) is 18.2 Å². The molecule has 1 aliphatic carbocycles. The third-order valence-corrected chi connectivity index (χ3v) is 5.95. The molecule has 138 valence electrons. The second kappa shape index (κ2) is 7.00. The first-order chi connectivity index (χ1) is 12.5. The molecule has 2 aromatic heterocycles. The highest BCUT2D eigenvalue weighted by atomic mass is 32.1. The number of thiazole rings is 1. The molecule has 4 rings (SSSR count). The summed E-state index contributed by atoms with van der Waals surface area (Å²) >= 11 is 1.79. The van der Waals surface area contributed by atoms with Crippen LogP contribution < -0.4 is 4.90 Å². The van der Waals surface area contributed by atoms with Crippen molar-refractivity contribution in [2.24, 2.45) is 0 Å². The number of hydrogen-bond acceptors (Lipinski definition) is 5. The van der Waals surface area contributed by atoms with Gasteiger partial charge in [-0.2, -0.15) is 5.10 Å². The van der Waals surface area contributed by atoms with E-state index in [9.17, 15) is 0 Å². The van der Waals surface area contributed by atoms with Crippen LogP contribution in [-0.4, -0.2) is 40.1 Å². The molecule has 2 aliphatic rings. The fraction of sp³-hybridized carbons (Fsp3) is 0.500. The summed E-state index contributed by atoms with van der Waals surface area (Å²) in [6.45, 7) is 8.31. The molecular formula is C20H26N4OS. The summed E-state index contributed by atoms with van der Waals surface area (Å²) in [7, 11) is 0. The van der Waals surface area contributed by atoms with E-state index in [1.54, 1.807) is 11.3 Å². The van der Waals surface area contributed by atoms with Crippen LogP contribution in [0, 0.1) is 0 Å². The average molecular weight is 371 g/mol. The van der Waals surface area contributed by atoms with Crippen LogP contribution >= 0.6 is 11.3 Å². The maximum absolute atomic E-state index is 5.83. The van der Waals surface area contributed by atoms with Crippen molar-refractivity contribution in [1.29, 1.82) is 0 Å². The third kappa shape index (κ3) is 3.62. The van der Waals surface area contributed by atoms with Gasteiger partial charge in [0.1, 0.15) is 0 Å². The number of rotatable bonds is 6. The Morgan fingerprint density at radius 2 is 2.23 bits per heavy atom. The number of nitrogens with zero attached hydrogens (tertiary/aromatic N) is 4. The second-order valence-electron chi connectivity index (χ2n) is 7.63. The van der Waals surface area contributed by atoms with Crippen LogP contribution in [0.3, 0.4) is 0 Å². The Morgan fingerprint density at radius 3 is 2.96 bits per heavy atom. The van der Waals surface area contributed by atoms with E-state index in [-0.39, 0.29) is 5.54 Å². The lowest BCUT2D eigenvalue weighted by Gasteiger charge is -2.39. The van der Waals surface area contributed by atoms with Gasteiger partial charge in [-0.25, -0.2) is 4.98 Å². The fourth-order valence-electron chi connectivity index (χ4n) is 3.59. The lowest BCUT2D eigenvalue weighted by Crippen LogP contribution is -2.53. The minimum Gasteiger partial charge on any atom is -0.372 e. The molecule has 0 N–H and O–H groups in total. The molecule has 5 nitrogen and oxygen atoms in total. The van der Waals surface area contributed by atoms with Crippen LogP contribution in [0.15, 0.2) is 48.5 Å². The first kappa shape index (κ1) is 17.5. The lowest BCUT2D eigenvalue weighted by molar-refractivity contribution is -0.00719. The maximum Gasteiger partial charge on any atom is 0.185 e. The van der Waals surface area contributed by atoms with Crippen molar-refractivity contribution in [3.8, 4) is 0 Å². The molecule has 0 spiro atoms. The van der Waals surface area contributed by atoms with E-state index in [0.29, 0.717) is 12.2 Å². The van der Waals surface area contributed by atoms with Gasteiger partial charge in [0, 0.05) is 43.0 Å². The molecule has 0 aromatic carbocycles. The van der Waals surface area contributed by atoms with Gasteiger partial charge in [-0.05, 0) is 38.8 Å². The van der Waals surface area contributed by atoms with Gasteiger partial charge in [-0.3, -0.25) is 4.68 Å². The van der Waals surface area contributed by atoms with E-state index in [2.05, 4.69) is 54.0 Å². The second-order valence-corrected chi connectivity index (χ2v) is 8.72. The first-order valence-electron chi connectivity index (χ1n) is 9.25. The quantitative estimate of drug-likeness (QED) is 0.776. The molecule has 0 amide bonds. The number of ether oxygens (including phenoxy) is 1. The summed E-state index contributed by atoms with van der Waals surface area (Å²) in [6, 6.07) is 1.98. The standard InChI is InChI=1S/C20H26N4OS/c1-15(2)25-17-13-23(14-17)19-21-12-18(26-19)10-16-6-4-7-20(3,11-16)24-9-5-8-22-24/h4-6,8-9,11-12,15,17H,7,10,13-14H2,1-3H3/t20-/m0/s1. The van der Waals surface area contributed by atoms with Crippen LogP contribution in [0.25, 0.3) is 0 Å². The minimum absolute atomic E-state index is 0.0834. The molecule has 1 saturated heterocycles. The molecule has 1 atom stereocenters. The van der Waals surface area contributed by atoms with E-state index in [1.165, 1.54) is 10.5 Å². The Bertz CT molecular complexity index is 802. The van der Waals surface area contributed by atoms with Gasteiger partial charge in [0.2, 0.25) is 0 Å². The molecule has 3 heterocycles. The Morgan fingerprint density at radius 1 is 1.38 bits per heavy atom. The maximum atomic E-state index is 5.83. The summed E-state index contributed by atoms with van der Waals surface area (Å²) in [6.07, 6.45) is 15.3. The Balaban J connectivity index is 1.40. The zero-order chi connectivity index (χ0) is 18.1. The number of allylic oxidation sites excluding steroid dienone is 4. The normalized spacial score (nSPS) is 23.4. The third-order valence-electron chi connectivity index (χ3n) is 4.89. The van der Waals surface area contributed by atoms with Crippen LogP contribution in [-0.2, 0) is 16.7 Å². The summed E-state index contributed by atoms with van der Waals surface area (Å²) in [5, 5.41) is 5.55. The van der Waals surface area contributed by atoms with E-state index in [1.807, 2.05) is 29.3 Å². The number of aromatic nitrogens is 3. The molecule has 0 saturated carbocycles. The smallest absolute Gasteiger partial charge is 0.185 e. The van der Waals surface area contributed by atoms with Crippen molar-refractivity contribution in [3.05, 3.63) is 53.3 Å². The highest BCUT2D eigenvalue weighted by Crippen LogP contribution is 2.32. The molecule has 1 aliphatic heterocycles. The van der Waals surface area contributed by atoms with Crippen molar-refractivity contribution in [2.45, 2.75) is 51.4 Å². The largest absolute Gasteiger partial charge is 0.372 e.